The highest BCUT2D eigenvalue weighted by Gasteiger charge is 2.71. The number of carbonyl (C=O) groups is 3. The van der Waals surface area contributed by atoms with Crippen LogP contribution in [0.3, 0.4) is 0 Å². The lowest BCUT2D eigenvalue weighted by atomic mass is 9.76. The first-order chi connectivity index (χ1) is 15.8. The summed E-state index contributed by atoms with van der Waals surface area (Å²) in [5.41, 5.74) is 1.45. The summed E-state index contributed by atoms with van der Waals surface area (Å²) in [6.07, 6.45) is -0.944. The number of benzene rings is 2. The highest BCUT2D eigenvalue weighted by atomic mass is 16.7. The Bertz CT molecular complexity index is 1230. The predicted molar refractivity (Wildman–Crippen MR) is 115 cm³/mol. The monoisotopic (exact) mass is 449 g/mol. The number of anilines is 1. The Hall–Kier alpha value is -3.43. The van der Waals surface area contributed by atoms with Gasteiger partial charge in [0.25, 0.3) is 0 Å². The molecule has 0 aliphatic carbocycles. The molecule has 2 aromatic carbocycles. The van der Waals surface area contributed by atoms with Crippen molar-refractivity contribution in [2.45, 2.75) is 38.1 Å². The van der Waals surface area contributed by atoms with E-state index in [2.05, 4.69) is 10.6 Å². The van der Waals surface area contributed by atoms with Gasteiger partial charge in [0.15, 0.2) is 11.5 Å². The second-order valence-electron chi connectivity index (χ2n) is 9.12. The Morgan fingerprint density at radius 3 is 2.73 bits per heavy atom. The number of fused-ring (bicyclic) bond motifs is 5. The Kier molecular flexibility index (Phi) is 4.15. The van der Waals surface area contributed by atoms with Crippen LogP contribution < -0.4 is 20.1 Å². The molecular formula is C24H23N3O6. The molecule has 9 heteroatoms. The lowest BCUT2D eigenvalue weighted by molar-refractivity contribution is -0.143. The number of rotatable bonds is 3. The first-order valence-corrected chi connectivity index (χ1v) is 10.9. The van der Waals surface area contributed by atoms with Gasteiger partial charge in [-0.1, -0.05) is 24.3 Å². The van der Waals surface area contributed by atoms with Crippen LogP contribution in [0.4, 0.5) is 5.69 Å². The number of aliphatic hydroxyl groups excluding tert-OH is 1. The first kappa shape index (κ1) is 20.2. The molecule has 5 atom stereocenters. The van der Waals surface area contributed by atoms with Gasteiger partial charge in [-0.2, -0.15) is 0 Å². The summed E-state index contributed by atoms with van der Waals surface area (Å²) < 4.78 is 10.7. The van der Waals surface area contributed by atoms with Crippen LogP contribution in [0.25, 0.3) is 0 Å². The van der Waals surface area contributed by atoms with Gasteiger partial charge < -0.3 is 19.9 Å². The third-order valence-corrected chi connectivity index (χ3v) is 7.28. The fourth-order valence-electron chi connectivity index (χ4n) is 5.76. The Balaban J connectivity index is 1.43. The van der Waals surface area contributed by atoms with Crippen molar-refractivity contribution in [1.29, 1.82) is 0 Å². The molecule has 33 heavy (non-hydrogen) atoms. The quantitative estimate of drug-likeness (QED) is 0.599. The highest BCUT2D eigenvalue weighted by Crippen LogP contribution is 2.54. The Morgan fingerprint density at radius 2 is 1.94 bits per heavy atom. The number of carbonyl (C=O) groups excluding carboxylic acids is 3. The van der Waals surface area contributed by atoms with Crippen molar-refractivity contribution in [3.8, 4) is 11.5 Å². The van der Waals surface area contributed by atoms with E-state index in [0.717, 1.165) is 5.56 Å². The summed E-state index contributed by atoms with van der Waals surface area (Å²) in [6, 6.07) is 10.0. The number of nitrogens with zero attached hydrogens (tertiary/aromatic N) is 1. The molecule has 3 amide bonds. The molecule has 6 rings (SSSR count). The maximum Gasteiger partial charge on any atom is 0.250 e. The van der Waals surface area contributed by atoms with Gasteiger partial charge in [-0.25, -0.2) is 0 Å². The number of nitrogens with one attached hydrogen (secondary N) is 2. The molecule has 0 radical (unpaired) electrons. The molecule has 4 heterocycles. The lowest BCUT2D eigenvalue weighted by Crippen LogP contribution is -2.54. The largest absolute Gasteiger partial charge is 0.454 e. The van der Waals surface area contributed by atoms with Gasteiger partial charge in [0.1, 0.15) is 5.54 Å². The standard InChI is InChI=1S/C24H23N3O6/c1-11-4-3-5-14-19(11)25-23(31)24(14)18-17(20(26-24)12(2)28)21(29)27(22(18)30)9-13-6-7-15-16(8-13)33-10-32-15/h3-8,12,17-18,20,26,28H,9-10H2,1-2H3,(H,25,31)/t12?,17-,18-,20?,24?/m0/s1. The Morgan fingerprint density at radius 1 is 1.15 bits per heavy atom. The molecule has 9 nitrogen and oxygen atoms in total. The molecule has 2 fully saturated rings. The maximum absolute atomic E-state index is 13.8. The van der Waals surface area contributed by atoms with E-state index in [9.17, 15) is 19.5 Å². The van der Waals surface area contributed by atoms with Crippen molar-refractivity contribution >= 4 is 23.4 Å². The van der Waals surface area contributed by atoms with Crippen molar-refractivity contribution in [1.82, 2.24) is 10.2 Å². The van der Waals surface area contributed by atoms with Crippen LogP contribution in [0, 0.1) is 18.8 Å². The summed E-state index contributed by atoms with van der Waals surface area (Å²) >= 11 is 0. The molecule has 1 spiro atoms. The fraction of sp³-hybridized carbons (Fsp3) is 0.375. The van der Waals surface area contributed by atoms with Gasteiger partial charge in [0.2, 0.25) is 24.5 Å². The van der Waals surface area contributed by atoms with Crippen LogP contribution in [0.5, 0.6) is 11.5 Å². The number of aliphatic hydroxyl groups is 1. The topological polar surface area (TPSA) is 117 Å². The molecule has 2 saturated heterocycles. The van der Waals surface area contributed by atoms with Gasteiger partial charge >= 0.3 is 0 Å². The second kappa shape index (κ2) is 6.79. The summed E-state index contributed by atoms with van der Waals surface area (Å²) in [6.45, 7) is 3.62. The maximum atomic E-state index is 13.8. The average Bonchev–Trinajstić information content (AvgIpc) is 3.51. The van der Waals surface area contributed by atoms with Crippen molar-refractivity contribution in [2.75, 3.05) is 12.1 Å². The molecule has 3 unspecified atom stereocenters. The van der Waals surface area contributed by atoms with E-state index >= 15 is 0 Å². The van der Waals surface area contributed by atoms with Gasteiger partial charge in [-0.05, 0) is 37.1 Å². The molecular weight excluding hydrogens is 426 g/mol. The van der Waals surface area contributed by atoms with Crippen molar-refractivity contribution in [2.24, 2.45) is 11.8 Å². The van der Waals surface area contributed by atoms with E-state index < -0.39 is 41.3 Å². The normalized spacial score (nSPS) is 30.1. The minimum atomic E-state index is -1.41. The first-order valence-electron chi connectivity index (χ1n) is 10.9. The smallest absolute Gasteiger partial charge is 0.250 e. The number of likely N-dealkylation sites (tertiary alicyclic amines) is 1. The van der Waals surface area contributed by atoms with Crippen LogP contribution in [-0.4, -0.2) is 46.7 Å². The van der Waals surface area contributed by atoms with Crippen molar-refractivity contribution < 1.29 is 29.0 Å². The van der Waals surface area contributed by atoms with Crippen LogP contribution in [0.15, 0.2) is 36.4 Å². The van der Waals surface area contributed by atoms with Crippen LogP contribution in [0.1, 0.15) is 23.6 Å². The summed E-state index contributed by atoms with van der Waals surface area (Å²) in [4.78, 5) is 41.9. The summed E-state index contributed by atoms with van der Waals surface area (Å²) in [7, 11) is 0. The molecule has 0 aromatic heterocycles. The van der Waals surface area contributed by atoms with Crippen LogP contribution >= 0.6 is 0 Å². The zero-order chi connectivity index (χ0) is 23.1. The van der Waals surface area contributed by atoms with E-state index in [-0.39, 0.29) is 19.2 Å². The second-order valence-corrected chi connectivity index (χ2v) is 9.12. The number of hydrogen-bond acceptors (Lipinski definition) is 7. The molecule has 0 bridgehead atoms. The highest BCUT2D eigenvalue weighted by molar-refractivity contribution is 6.15. The lowest BCUT2D eigenvalue weighted by Gasteiger charge is -2.30. The molecule has 3 N–H and O–H groups in total. The van der Waals surface area contributed by atoms with Gasteiger partial charge in [-0.15, -0.1) is 0 Å². The fourth-order valence-corrected chi connectivity index (χ4v) is 5.76. The van der Waals surface area contributed by atoms with Crippen molar-refractivity contribution in [3.05, 3.63) is 53.1 Å². The van der Waals surface area contributed by atoms with Gasteiger partial charge in [0.05, 0.1) is 24.5 Å². The molecule has 2 aromatic rings. The number of para-hydroxylation sites is 1. The van der Waals surface area contributed by atoms with Gasteiger partial charge in [-0.3, -0.25) is 24.6 Å². The number of amides is 3. The van der Waals surface area contributed by atoms with E-state index in [1.54, 1.807) is 31.2 Å². The zero-order valence-corrected chi connectivity index (χ0v) is 18.1. The Labute approximate surface area is 189 Å². The van der Waals surface area contributed by atoms with E-state index in [1.165, 1.54) is 4.90 Å². The SMILES string of the molecule is Cc1cccc2c1NC(=O)C21NC(C(C)O)[C@H]2C(=O)N(Cc3ccc4c(c3)OCO4)C(=O)[C@H]21. The average molecular weight is 449 g/mol. The molecule has 170 valence electrons. The molecule has 4 aliphatic rings. The third kappa shape index (κ3) is 2.57. The summed E-state index contributed by atoms with van der Waals surface area (Å²) in [5, 5.41) is 16.6. The van der Waals surface area contributed by atoms with Crippen LogP contribution in [-0.2, 0) is 26.5 Å². The minimum absolute atomic E-state index is 0.0478. The molecule has 4 aliphatic heterocycles. The number of ether oxygens (including phenoxy) is 2. The number of imide groups is 1. The van der Waals surface area contributed by atoms with E-state index in [0.29, 0.717) is 28.3 Å². The van der Waals surface area contributed by atoms with E-state index in [4.69, 9.17) is 9.47 Å². The molecule has 0 saturated carbocycles. The predicted octanol–water partition coefficient (Wildman–Crippen LogP) is 1.03. The van der Waals surface area contributed by atoms with Crippen molar-refractivity contribution in [3.63, 3.8) is 0 Å². The van der Waals surface area contributed by atoms with Crippen LogP contribution in [0.2, 0.25) is 0 Å². The minimum Gasteiger partial charge on any atom is -0.454 e. The zero-order valence-electron chi connectivity index (χ0n) is 18.1. The third-order valence-electron chi connectivity index (χ3n) is 7.28. The van der Waals surface area contributed by atoms with Gasteiger partial charge in [0, 0.05) is 17.3 Å². The number of hydrogen-bond donors (Lipinski definition) is 3. The summed E-state index contributed by atoms with van der Waals surface area (Å²) in [5.74, 6) is -1.84. The number of aryl methyl sites for hydroxylation is 1. The van der Waals surface area contributed by atoms with E-state index in [1.807, 2.05) is 19.1 Å².